The van der Waals surface area contributed by atoms with Crippen molar-refractivity contribution in [2.24, 2.45) is 0 Å². The summed E-state index contributed by atoms with van der Waals surface area (Å²) in [4.78, 5) is 11.9. The lowest BCUT2D eigenvalue weighted by Crippen LogP contribution is -2.47. The molecule has 0 aromatic heterocycles. The van der Waals surface area contributed by atoms with Gasteiger partial charge in [-0.25, -0.2) is 0 Å². The molecule has 0 bridgehead atoms. The zero-order valence-corrected chi connectivity index (χ0v) is 16.1. The van der Waals surface area contributed by atoms with Gasteiger partial charge in [-0.2, -0.15) is 0 Å². The van der Waals surface area contributed by atoms with Crippen LogP contribution in [0.4, 0.5) is 0 Å². The highest BCUT2D eigenvalue weighted by atomic mass is 16.3. The molecule has 3 nitrogen and oxygen atoms in total. The second kappa shape index (κ2) is 7.24. The summed E-state index contributed by atoms with van der Waals surface area (Å²) in [6, 6.07) is 16.0. The predicted octanol–water partition coefficient (Wildman–Crippen LogP) is 4.45. The molecule has 1 atom stereocenters. The quantitative estimate of drug-likeness (QED) is 0.836. The fraction of sp³-hybridized carbons (Fsp3) is 0.435. The van der Waals surface area contributed by atoms with Crippen LogP contribution in [0.15, 0.2) is 48.5 Å². The molecule has 1 saturated heterocycles. The molecule has 2 N–H and O–H groups in total. The van der Waals surface area contributed by atoms with Gasteiger partial charge in [0.2, 0.25) is 5.91 Å². The number of carbonyl (C=O) groups is 1. The van der Waals surface area contributed by atoms with Gasteiger partial charge in [0.05, 0.1) is 6.04 Å². The molecule has 1 heterocycles. The number of benzene rings is 2. The van der Waals surface area contributed by atoms with Crippen LogP contribution in [0.1, 0.15) is 74.6 Å². The molecule has 2 aromatic carbocycles. The van der Waals surface area contributed by atoms with Crippen molar-refractivity contribution in [2.45, 2.75) is 64.0 Å². The van der Waals surface area contributed by atoms with Crippen LogP contribution >= 0.6 is 0 Å². The molecule has 1 fully saturated rings. The van der Waals surface area contributed by atoms with E-state index in [1.165, 1.54) is 11.1 Å². The molecule has 1 aliphatic rings. The molecule has 26 heavy (non-hydrogen) atoms. The van der Waals surface area contributed by atoms with E-state index < -0.39 is 5.60 Å². The summed E-state index contributed by atoms with van der Waals surface area (Å²) in [5.41, 5.74) is 2.83. The molecule has 2 aromatic rings. The number of hydrogen-bond donors (Lipinski definition) is 2. The van der Waals surface area contributed by atoms with Crippen molar-refractivity contribution >= 4 is 5.91 Å². The third-order valence-corrected chi connectivity index (χ3v) is 5.49. The van der Waals surface area contributed by atoms with Gasteiger partial charge in [-0.05, 0) is 40.5 Å². The summed E-state index contributed by atoms with van der Waals surface area (Å²) < 4.78 is 0. The number of carbonyl (C=O) groups excluding carboxylic acids is 1. The molecule has 3 heteroatoms. The Hall–Kier alpha value is -2.13. The number of nitrogens with one attached hydrogen (secondary N) is 1. The van der Waals surface area contributed by atoms with Gasteiger partial charge in [0.15, 0.2) is 0 Å². The SMILES string of the molecule is CC(C)c1cccc(C(O)(c2cccc(C(C)C)c2)[C@H]2CCC(=O)N2)c1. The van der Waals surface area contributed by atoms with Gasteiger partial charge in [-0.3, -0.25) is 4.79 Å². The standard InChI is InChI=1S/C23H29NO2/c1-15(2)17-7-5-9-19(13-17)23(26,21-11-12-22(25)24-21)20-10-6-8-18(14-20)16(3)4/h5-10,13-16,21,26H,11-12H2,1-4H3,(H,24,25)/t21-/m1/s1. The van der Waals surface area contributed by atoms with E-state index in [1.54, 1.807) is 0 Å². The minimum absolute atomic E-state index is 0.00783. The maximum atomic E-state index is 12.0. The first-order valence-corrected chi connectivity index (χ1v) is 9.55. The summed E-state index contributed by atoms with van der Waals surface area (Å²) in [6.45, 7) is 8.59. The van der Waals surface area contributed by atoms with Crippen molar-refractivity contribution in [3.8, 4) is 0 Å². The molecule has 1 amide bonds. The van der Waals surface area contributed by atoms with Crippen LogP contribution < -0.4 is 5.32 Å². The van der Waals surface area contributed by atoms with Crippen LogP contribution in [0, 0.1) is 0 Å². The second-order valence-corrected chi connectivity index (χ2v) is 7.99. The van der Waals surface area contributed by atoms with Crippen molar-refractivity contribution in [3.05, 3.63) is 70.8 Å². The van der Waals surface area contributed by atoms with Gasteiger partial charge in [-0.1, -0.05) is 76.2 Å². The molecule has 138 valence electrons. The third-order valence-electron chi connectivity index (χ3n) is 5.49. The number of rotatable bonds is 5. The van der Waals surface area contributed by atoms with E-state index in [9.17, 15) is 9.90 Å². The second-order valence-electron chi connectivity index (χ2n) is 7.99. The smallest absolute Gasteiger partial charge is 0.220 e. The van der Waals surface area contributed by atoms with Gasteiger partial charge in [0.25, 0.3) is 0 Å². The van der Waals surface area contributed by atoms with Crippen LogP contribution in [-0.2, 0) is 10.4 Å². The molecule has 0 aliphatic carbocycles. The Kier molecular flexibility index (Phi) is 5.19. The van der Waals surface area contributed by atoms with Crippen LogP contribution in [0.25, 0.3) is 0 Å². The van der Waals surface area contributed by atoms with Gasteiger partial charge >= 0.3 is 0 Å². The fourth-order valence-electron chi connectivity index (χ4n) is 3.77. The molecule has 0 unspecified atom stereocenters. The largest absolute Gasteiger partial charge is 0.378 e. The third kappa shape index (κ3) is 3.41. The van der Waals surface area contributed by atoms with Crippen LogP contribution in [0.2, 0.25) is 0 Å². The molecular formula is C23H29NO2. The normalized spacial score (nSPS) is 17.8. The average Bonchev–Trinajstić information content (AvgIpc) is 3.08. The van der Waals surface area contributed by atoms with Gasteiger partial charge in [0.1, 0.15) is 5.60 Å². The average molecular weight is 351 g/mol. The minimum Gasteiger partial charge on any atom is -0.378 e. The fourth-order valence-corrected chi connectivity index (χ4v) is 3.77. The first kappa shape index (κ1) is 18.7. The Morgan fingerprint density at radius 3 is 1.85 bits per heavy atom. The summed E-state index contributed by atoms with van der Waals surface area (Å²) >= 11 is 0. The van der Waals surface area contributed by atoms with Crippen LogP contribution in [-0.4, -0.2) is 17.1 Å². The van der Waals surface area contributed by atoms with Crippen LogP contribution in [0.5, 0.6) is 0 Å². The monoisotopic (exact) mass is 351 g/mol. The highest BCUT2D eigenvalue weighted by molar-refractivity contribution is 5.79. The van der Waals surface area contributed by atoms with Gasteiger partial charge in [0, 0.05) is 6.42 Å². The van der Waals surface area contributed by atoms with Crippen molar-refractivity contribution in [1.82, 2.24) is 5.32 Å². The predicted molar refractivity (Wildman–Crippen MR) is 105 cm³/mol. The topological polar surface area (TPSA) is 49.3 Å². The minimum atomic E-state index is -1.23. The zero-order chi connectivity index (χ0) is 18.9. The van der Waals surface area contributed by atoms with E-state index in [1.807, 2.05) is 24.3 Å². The first-order valence-electron chi connectivity index (χ1n) is 9.55. The Morgan fingerprint density at radius 2 is 1.46 bits per heavy atom. The number of hydrogen-bond acceptors (Lipinski definition) is 2. The molecular weight excluding hydrogens is 322 g/mol. The summed E-state index contributed by atoms with van der Waals surface area (Å²) in [5.74, 6) is 0.757. The summed E-state index contributed by atoms with van der Waals surface area (Å²) in [6.07, 6.45) is 1.09. The van der Waals surface area contributed by atoms with Crippen molar-refractivity contribution in [2.75, 3.05) is 0 Å². The lowest BCUT2D eigenvalue weighted by molar-refractivity contribution is -0.120. The Morgan fingerprint density at radius 1 is 0.962 bits per heavy atom. The zero-order valence-electron chi connectivity index (χ0n) is 16.1. The van der Waals surface area contributed by atoms with Crippen molar-refractivity contribution in [3.63, 3.8) is 0 Å². The number of aliphatic hydroxyl groups is 1. The molecule has 0 radical (unpaired) electrons. The molecule has 0 saturated carbocycles. The highest BCUT2D eigenvalue weighted by Gasteiger charge is 2.44. The van der Waals surface area contributed by atoms with E-state index in [0.717, 1.165) is 11.1 Å². The van der Waals surface area contributed by atoms with E-state index in [0.29, 0.717) is 24.7 Å². The van der Waals surface area contributed by atoms with Crippen LogP contribution in [0.3, 0.4) is 0 Å². The van der Waals surface area contributed by atoms with E-state index in [-0.39, 0.29) is 11.9 Å². The lowest BCUT2D eigenvalue weighted by Gasteiger charge is -2.36. The highest BCUT2D eigenvalue weighted by Crippen LogP contribution is 2.38. The Bertz CT molecular complexity index is 743. The van der Waals surface area contributed by atoms with E-state index >= 15 is 0 Å². The first-order chi connectivity index (χ1) is 12.3. The maximum absolute atomic E-state index is 12.0. The molecule has 0 spiro atoms. The van der Waals surface area contributed by atoms with Crippen molar-refractivity contribution in [1.29, 1.82) is 0 Å². The molecule has 1 aliphatic heterocycles. The van der Waals surface area contributed by atoms with E-state index in [2.05, 4.69) is 57.3 Å². The number of amides is 1. The Labute approximate surface area is 156 Å². The maximum Gasteiger partial charge on any atom is 0.220 e. The summed E-state index contributed by atoms with van der Waals surface area (Å²) in [5, 5.41) is 15.0. The molecule has 3 rings (SSSR count). The van der Waals surface area contributed by atoms with Crippen molar-refractivity contribution < 1.29 is 9.90 Å². The van der Waals surface area contributed by atoms with Gasteiger partial charge < -0.3 is 10.4 Å². The summed E-state index contributed by atoms with van der Waals surface area (Å²) in [7, 11) is 0. The lowest BCUT2D eigenvalue weighted by atomic mass is 9.77. The Balaban J connectivity index is 2.15. The van der Waals surface area contributed by atoms with E-state index in [4.69, 9.17) is 0 Å². The van der Waals surface area contributed by atoms with Gasteiger partial charge in [-0.15, -0.1) is 0 Å².